The Labute approximate surface area is 134 Å². The second kappa shape index (κ2) is 7.95. The minimum absolute atomic E-state index is 0.0556. The first-order valence-corrected chi connectivity index (χ1v) is 7.96. The van der Waals surface area contributed by atoms with Crippen LogP contribution in [0.3, 0.4) is 0 Å². The van der Waals surface area contributed by atoms with Gasteiger partial charge in [-0.2, -0.15) is 0 Å². The molecule has 1 aromatic carbocycles. The van der Waals surface area contributed by atoms with Crippen LogP contribution in [-0.4, -0.2) is 40.1 Å². The lowest BCUT2D eigenvalue weighted by molar-refractivity contribution is -0.113. The number of anilines is 1. The molecule has 0 saturated carbocycles. The molecule has 118 valence electrons. The summed E-state index contributed by atoms with van der Waals surface area (Å²) in [7, 11) is 1.65. The van der Waals surface area contributed by atoms with Gasteiger partial charge in [-0.05, 0) is 31.0 Å². The molecule has 0 unspecified atom stereocenters. The molecule has 0 bridgehead atoms. The average molecular weight is 320 g/mol. The van der Waals surface area contributed by atoms with Crippen LogP contribution in [0, 0.1) is 13.8 Å². The Morgan fingerprint density at radius 2 is 2.23 bits per heavy atom. The summed E-state index contributed by atoms with van der Waals surface area (Å²) >= 11 is 1.36. The highest BCUT2D eigenvalue weighted by atomic mass is 32.2. The number of aromatic nitrogens is 3. The van der Waals surface area contributed by atoms with E-state index < -0.39 is 0 Å². The van der Waals surface area contributed by atoms with Crippen LogP contribution >= 0.6 is 11.8 Å². The van der Waals surface area contributed by atoms with Crippen molar-refractivity contribution in [3.63, 3.8) is 0 Å². The van der Waals surface area contributed by atoms with Gasteiger partial charge < -0.3 is 14.6 Å². The van der Waals surface area contributed by atoms with Gasteiger partial charge in [-0.25, -0.2) is 0 Å². The van der Waals surface area contributed by atoms with E-state index >= 15 is 0 Å². The molecule has 0 aliphatic carbocycles. The van der Waals surface area contributed by atoms with Gasteiger partial charge in [0.2, 0.25) is 5.91 Å². The lowest BCUT2D eigenvalue weighted by Gasteiger charge is -2.10. The summed E-state index contributed by atoms with van der Waals surface area (Å²) in [6.45, 7) is 5.28. The first-order chi connectivity index (χ1) is 10.6. The topological polar surface area (TPSA) is 69.0 Å². The van der Waals surface area contributed by atoms with Crippen molar-refractivity contribution in [2.24, 2.45) is 0 Å². The van der Waals surface area contributed by atoms with E-state index in [-0.39, 0.29) is 5.91 Å². The fraction of sp³-hybridized carbons (Fsp3) is 0.400. The molecule has 0 saturated heterocycles. The van der Waals surface area contributed by atoms with E-state index in [9.17, 15) is 4.79 Å². The van der Waals surface area contributed by atoms with Crippen molar-refractivity contribution >= 4 is 23.4 Å². The zero-order chi connectivity index (χ0) is 15.9. The third-order valence-corrected chi connectivity index (χ3v) is 4.31. The highest BCUT2D eigenvalue weighted by molar-refractivity contribution is 7.99. The third-order valence-electron chi connectivity index (χ3n) is 3.33. The Hall–Kier alpha value is -1.86. The van der Waals surface area contributed by atoms with Crippen molar-refractivity contribution in [3.8, 4) is 0 Å². The summed E-state index contributed by atoms with van der Waals surface area (Å²) in [4.78, 5) is 12.1. The number of carbonyl (C=O) groups is 1. The Kier molecular flexibility index (Phi) is 5.97. The van der Waals surface area contributed by atoms with Crippen LogP contribution < -0.4 is 5.32 Å². The van der Waals surface area contributed by atoms with Gasteiger partial charge in [-0.3, -0.25) is 4.79 Å². The lowest BCUT2D eigenvalue weighted by Crippen LogP contribution is -2.15. The summed E-state index contributed by atoms with van der Waals surface area (Å²) in [6, 6.07) is 5.87. The number of hydrogen-bond acceptors (Lipinski definition) is 5. The largest absolute Gasteiger partial charge is 0.383 e. The molecule has 0 aliphatic rings. The Bertz CT molecular complexity index is 642. The van der Waals surface area contributed by atoms with Crippen molar-refractivity contribution < 1.29 is 9.53 Å². The molecule has 1 aromatic heterocycles. The zero-order valence-electron chi connectivity index (χ0n) is 13.0. The van der Waals surface area contributed by atoms with Crippen LogP contribution in [0.1, 0.15) is 11.1 Å². The van der Waals surface area contributed by atoms with E-state index in [0.29, 0.717) is 24.1 Å². The number of thioether (sulfide) groups is 1. The number of hydrogen-bond donors (Lipinski definition) is 1. The Morgan fingerprint density at radius 1 is 1.41 bits per heavy atom. The molecule has 6 nitrogen and oxygen atoms in total. The molecule has 1 amide bonds. The number of nitrogens with zero attached hydrogens (tertiary/aromatic N) is 3. The maximum Gasteiger partial charge on any atom is 0.234 e. The maximum absolute atomic E-state index is 12.1. The molecule has 0 spiro atoms. The molecule has 0 atom stereocenters. The fourth-order valence-electron chi connectivity index (χ4n) is 1.90. The fourth-order valence-corrected chi connectivity index (χ4v) is 2.64. The first-order valence-electron chi connectivity index (χ1n) is 6.97. The van der Waals surface area contributed by atoms with Crippen molar-refractivity contribution in [2.45, 2.75) is 25.5 Å². The van der Waals surface area contributed by atoms with Crippen LogP contribution in [0.25, 0.3) is 0 Å². The lowest BCUT2D eigenvalue weighted by atomic mass is 10.1. The van der Waals surface area contributed by atoms with Gasteiger partial charge in [-0.15, -0.1) is 10.2 Å². The number of aryl methyl sites for hydroxylation is 1. The molecular weight excluding hydrogens is 300 g/mol. The number of rotatable bonds is 7. The number of methoxy groups -OCH3 is 1. The van der Waals surface area contributed by atoms with Gasteiger partial charge in [0.15, 0.2) is 5.16 Å². The predicted molar refractivity (Wildman–Crippen MR) is 87.2 cm³/mol. The number of carbonyl (C=O) groups excluding carboxylic acids is 1. The molecule has 22 heavy (non-hydrogen) atoms. The van der Waals surface area contributed by atoms with Gasteiger partial charge in [0.25, 0.3) is 0 Å². The van der Waals surface area contributed by atoms with E-state index in [1.165, 1.54) is 11.8 Å². The maximum atomic E-state index is 12.1. The normalized spacial score (nSPS) is 10.7. The van der Waals surface area contributed by atoms with Crippen LogP contribution in [0.5, 0.6) is 0 Å². The van der Waals surface area contributed by atoms with E-state index in [1.54, 1.807) is 13.4 Å². The summed E-state index contributed by atoms with van der Waals surface area (Å²) in [5.41, 5.74) is 3.10. The van der Waals surface area contributed by atoms with Crippen molar-refractivity contribution in [1.29, 1.82) is 0 Å². The predicted octanol–water partition coefficient (Wildman–Crippen LogP) is 2.27. The van der Waals surface area contributed by atoms with Crippen molar-refractivity contribution in [3.05, 3.63) is 35.7 Å². The van der Waals surface area contributed by atoms with Gasteiger partial charge in [0.05, 0.1) is 12.4 Å². The number of nitrogens with one attached hydrogen (secondary N) is 1. The van der Waals surface area contributed by atoms with Gasteiger partial charge >= 0.3 is 0 Å². The Morgan fingerprint density at radius 3 is 3.00 bits per heavy atom. The Balaban J connectivity index is 1.90. The highest BCUT2D eigenvalue weighted by Gasteiger charge is 2.10. The summed E-state index contributed by atoms with van der Waals surface area (Å²) in [5.74, 6) is 0.235. The molecular formula is C15H20N4O2S. The second-order valence-electron chi connectivity index (χ2n) is 4.88. The number of ether oxygens (including phenoxy) is 1. The smallest absolute Gasteiger partial charge is 0.234 e. The highest BCUT2D eigenvalue weighted by Crippen LogP contribution is 2.19. The number of amides is 1. The standard InChI is InChI=1S/C15H20N4O2S/c1-11-5-4-6-13(12(11)2)17-14(20)9-22-15-18-16-10-19(15)7-8-21-3/h4-6,10H,7-9H2,1-3H3,(H,17,20). The zero-order valence-corrected chi connectivity index (χ0v) is 13.8. The van der Waals surface area contributed by atoms with Crippen LogP contribution in [-0.2, 0) is 16.1 Å². The van der Waals surface area contributed by atoms with Crippen molar-refractivity contribution in [2.75, 3.05) is 24.8 Å². The van der Waals surface area contributed by atoms with E-state index in [4.69, 9.17) is 4.74 Å². The molecule has 1 N–H and O–H groups in total. The van der Waals surface area contributed by atoms with Crippen LogP contribution in [0.15, 0.2) is 29.7 Å². The average Bonchev–Trinajstić information content (AvgIpc) is 2.95. The molecule has 0 aliphatic heterocycles. The van der Waals surface area contributed by atoms with E-state index in [1.807, 2.05) is 36.6 Å². The summed E-state index contributed by atoms with van der Waals surface area (Å²) in [6.07, 6.45) is 1.64. The molecule has 1 heterocycles. The second-order valence-corrected chi connectivity index (χ2v) is 5.83. The van der Waals surface area contributed by atoms with Gasteiger partial charge in [-0.1, -0.05) is 23.9 Å². The molecule has 2 rings (SSSR count). The minimum atomic E-state index is -0.0556. The van der Waals surface area contributed by atoms with Crippen molar-refractivity contribution in [1.82, 2.24) is 14.8 Å². The molecule has 2 aromatic rings. The molecule has 7 heteroatoms. The van der Waals surface area contributed by atoms with Crippen LogP contribution in [0.4, 0.5) is 5.69 Å². The summed E-state index contributed by atoms with van der Waals surface area (Å²) in [5, 5.41) is 11.5. The third kappa shape index (κ3) is 4.32. The van der Waals surface area contributed by atoms with Crippen LogP contribution in [0.2, 0.25) is 0 Å². The van der Waals surface area contributed by atoms with Gasteiger partial charge in [0, 0.05) is 19.3 Å². The molecule has 0 fully saturated rings. The first kappa shape index (κ1) is 16.5. The number of benzene rings is 1. The minimum Gasteiger partial charge on any atom is -0.383 e. The van der Waals surface area contributed by atoms with E-state index in [0.717, 1.165) is 16.8 Å². The SMILES string of the molecule is COCCn1cnnc1SCC(=O)Nc1cccc(C)c1C. The van der Waals surface area contributed by atoms with Gasteiger partial charge in [0.1, 0.15) is 6.33 Å². The quantitative estimate of drug-likeness (QED) is 0.793. The molecule has 0 radical (unpaired) electrons. The summed E-state index contributed by atoms with van der Waals surface area (Å²) < 4.78 is 6.91. The monoisotopic (exact) mass is 320 g/mol. The van der Waals surface area contributed by atoms with E-state index in [2.05, 4.69) is 15.5 Å².